The molecule has 1 heterocycles. The van der Waals surface area contributed by atoms with E-state index < -0.39 is 0 Å². The van der Waals surface area contributed by atoms with Crippen molar-refractivity contribution in [1.29, 1.82) is 0 Å². The molecule has 1 saturated heterocycles. The second-order valence-electron chi connectivity index (χ2n) is 4.75. The van der Waals surface area contributed by atoms with Crippen LogP contribution < -0.4 is 10.5 Å². The van der Waals surface area contributed by atoms with Crippen molar-refractivity contribution in [3.63, 3.8) is 0 Å². The number of likely N-dealkylation sites (tertiary alicyclic amines) is 1. The molecule has 0 spiro atoms. The van der Waals surface area contributed by atoms with E-state index in [2.05, 4.69) is 4.90 Å². The van der Waals surface area contributed by atoms with E-state index in [0.29, 0.717) is 18.9 Å². The van der Waals surface area contributed by atoms with Gasteiger partial charge in [-0.1, -0.05) is 6.42 Å². The Labute approximate surface area is 108 Å². The SMILES string of the molecule is NCC(COc1ccc(F)cc1)N1CCCCC1. The molecule has 18 heavy (non-hydrogen) atoms. The first-order valence-corrected chi connectivity index (χ1v) is 6.62. The van der Waals surface area contributed by atoms with E-state index in [1.165, 1.54) is 31.4 Å². The molecule has 0 aromatic heterocycles. The van der Waals surface area contributed by atoms with Crippen molar-refractivity contribution in [1.82, 2.24) is 4.90 Å². The number of nitrogens with zero attached hydrogens (tertiary/aromatic N) is 1. The zero-order valence-corrected chi connectivity index (χ0v) is 10.6. The summed E-state index contributed by atoms with van der Waals surface area (Å²) in [5, 5.41) is 0. The molecule has 0 aliphatic carbocycles. The maximum atomic E-state index is 12.8. The van der Waals surface area contributed by atoms with Crippen molar-refractivity contribution >= 4 is 0 Å². The first-order chi connectivity index (χ1) is 8.79. The largest absolute Gasteiger partial charge is 0.492 e. The summed E-state index contributed by atoms with van der Waals surface area (Å²) in [5.74, 6) is 0.459. The topological polar surface area (TPSA) is 38.5 Å². The van der Waals surface area contributed by atoms with Gasteiger partial charge in [-0.2, -0.15) is 0 Å². The Kier molecular flexibility index (Phi) is 4.96. The highest BCUT2D eigenvalue weighted by Gasteiger charge is 2.19. The van der Waals surface area contributed by atoms with Crippen LogP contribution in [0.2, 0.25) is 0 Å². The minimum absolute atomic E-state index is 0.242. The molecule has 2 rings (SSSR count). The molecule has 3 nitrogen and oxygen atoms in total. The van der Waals surface area contributed by atoms with Crippen molar-refractivity contribution in [2.24, 2.45) is 5.73 Å². The number of hydrogen-bond donors (Lipinski definition) is 1. The van der Waals surface area contributed by atoms with Gasteiger partial charge in [0.2, 0.25) is 0 Å². The van der Waals surface area contributed by atoms with Crippen LogP contribution in [-0.4, -0.2) is 37.2 Å². The maximum Gasteiger partial charge on any atom is 0.123 e. The lowest BCUT2D eigenvalue weighted by molar-refractivity contribution is 0.118. The van der Waals surface area contributed by atoms with Crippen molar-refractivity contribution in [2.45, 2.75) is 25.3 Å². The molecule has 0 amide bonds. The van der Waals surface area contributed by atoms with Crippen molar-refractivity contribution < 1.29 is 9.13 Å². The number of halogens is 1. The molecule has 1 fully saturated rings. The van der Waals surface area contributed by atoms with Crippen molar-refractivity contribution in [3.05, 3.63) is 30.1 Å². The molecule has 100 valence electrons. The lowest BCUT2D eigenvalue weighted by Gasteiger charge is -2.33. The van der Waals surface area contributed by atoms with Crippen molar-refractivity contribution in [3.8, 4) is 5.75 Å². The van der Waals surface area contributed by atoms with Gasteiger partial charge in [-0.15, -0.1) is 0 Å². The predicted octanol–water partition coefficient (Wildman–Crippen LogP) is 2.02. The summed E-state index contributed by atoms with van der Waals surface area (Å²) in [7, 11) is 0. The summed E-state index contributed by atoms with van der Waals surface area (Å²) in [6.45, 7) is 3.38. The number of piperidine rings is 1. The summed E-state index contributed by atoms with van der Waals surface area (Å²) in [6, 6.07) is 6.38. The van der Waals surface area contributed by atoms with Gasteiger partial charge in [-0.25, -0.2) is 4.39 Å². The normalized spacial score (nSPS) is 18.6. The third kappa shape index (κ3) is 3.68. The quantitative estimate of drug-likeness (QED) is 0.871. The summed E-state index contributed by atoms with van der Waals surface area (Å²) in [6.07, 6.45) is 3.80. The molecule has 0 saturated carbocycles. The van der Waals surface area contributed by atoms with Crippen LogP contribution in [0.4, 0.5) is 4.39 Å². The average molecular weight is 252 g/mol. The first-order valence-electron chi connectivity index (χ1n) is 6.62. The highest BCUT2D eigenvalue weighted by molar-refractivity contribution is 5.22. The molecule has 1 aliphatic heterocycles. The van der Waals surface area contributed by atoms with Crippen LogP contribution in [0.25, 0.3) is 0 Å². The molecular formula is C14H21FN2O. The number of rotatable bonds is 5. The zero-order valence-electron chi connectivity index (χ0n) is 10.6. The number of hydrogen-bond acceptors (Lipinski definition) is 3. The van der Waals surface area contributed by atoms with E-state index in [1.54, 1.807) is 12.1 Å². The van der Waals surface area contributed by atoms with Gasteiger partial charge in [0.1, 0.15) is 18.2 Å². The first kappa shape index (κ1) is 13.3. The minimum atomic E-state index is -0.242. The lowest BCUT2D eigenvalue weighted by Crippen LogP contribution is -2.46. The van der Waals surface area contributed by atoms with E-state index in [4.69, 9.17) is 10.5 Å². The smallest absolute Gasteiger partial charge is 0.123 e. The average Bonchev–Trinajstić information content (AvgIpc) is 2.43. The Morgan fingerprint density at radius 1 is 1.17 bits per heavy atom. The van der Waals surface area contributed by atoms with E-state index in [0.717, 1.165) is 13.1 Å². The Hall–Kier alpha value is -1.13. The molecule has 1 atom stereocenters. The van der Waals surface area contributed by atoms with Gasteiger partial charge in [0.25, 0.3) is 0 Å². The fourth-order valence-electron chi connectivity index (χ4n) is 2.33. The van der Waals surface area contributed by atoms with Crippen LogP contribution in [0.1, 0.15) is 19.3 Å². The molecular weight excluding hydrogens is 231 g/mol. The third-order valence-electron chi connectivity index (χ3n) is 3.44. The summed E-state index contributed by atoms with van der Waals surface area (Å²) < 4.78 is 18.4. The Morgan fingerprint density at radius 3 is 2.44 bits per heavy atom. The van der Waals surface area contributed by atoms with E-state index in [1.807, 2.05) is 0 Å². The van der Waals surface area contributed by atoms with Gasteiger partial charge in [-0.3, -0.25) is 4.90 Å². The summed E-state index contributed by atoms with van der Waals surface area (Å²) in [4.78, 5) is 2.40. The second kappa shape index (κ2) is 6.71. The molecule has 1 unspecified atom stereocenters. The van der Waals surface area contributed by atoms with Gasteiger partial charge in [0.05, 0.1) is 6.04 Å². The number of ether oxygens (including phenoxy) is 1. The van der Waals surface area contributed by atoms with Crippen LogP contribution in [0.5, 0.6) is 5.75 Å². The van der Waals surface area contributed by atoms with E-state index in [9.17, 15) is 4.39 Å². The molecule has 1 aliphatic rings. The van der Waals surface area contributed by atoms with Crippen LogP contribution in [0, 0.1) is 5.82 Å². The molecule has 0 bridgehead atoms. The fraction of sp³-hybridized carbons (Fsp3) is 0.571. The van der Waals surface area contributed by atoms with Gasteiger partial charge < -0.3 is 10.5 Å². The molecule has 4 heteroatoms. The Bertz CT molecular complexity index is 349. The minimum Gasteiger partial charge on any atom is -0.492 e. The van der Waals surface area contributed by atoms with Gasteiger partial charge in [-0.05, 0) is 50.2 Å². The summed E-state index contributed by atoms with van der Waals surface area (Å²) in [5.41, 5.74) is 5.81. The highest BCUT2D eigenvalue weighted by Crippen LogP contribution is 2.15. The van der Waals surface area contributed by atoms with Crippen LogP contribution in [0.15, 0.2) is 24.3 Å². The predicted molar refractivity (Wildman–Crippen MR) is 70.2 cm³/mol. The number of benzene rings is 1. The second-order valence-corrected chi connectivity index (χ2v) is 4.75. The highest BCUT2D eigenvalue weighted by atomic mass is 19.1. The van der Waals surface area contributed by atoms with Gasteiger partial charge in [0, 0.05) is 6.54 Å². The van der Waals surface area contributed by atoms with Gasteiger partial charge >= 0.3 is 0 Å². The third-order valence-corrected chi connectivity index (χ3v) is 3.44. The monoisotopic (exact) mass is 252 g/mol. The van der Waals surface area contributed by atoms with Crippen molar-refractivity contribution in [2.75, 3.05) is 26.2 Å². The lowest BCUT2D eigenvalue weighted by atomic mass is 10.1. The van der Waals surface area contributed by atoms with E-state index >= 15 is 0 Å². The Balaban J connectivity index is 1.84. The molecule has 1 aromatic carbocycles. The summed E-state index contributed by atoms with van der Waals surface area (Å²) >= 11 is 0. The van der Waals surface area contributed by atoms with Crippen LogP contribution >= 0.6 is 0 Å². The Morgan fingerprint density at radius 2 is 1.83 bits per heavy atom. The van der Waals surface area contributed by atoms with Gasteiger partial charge in [0.15, 0.2) is 0 Å². The fourth-order valence-corrected chi connectivity index (χ4v) is 2.33. The zero-order chi connectivity index (χ0) is 12.8. The molecule has 1 aromatic rings. The van der Waals surface area contributed by atoms with E-state index in [-0.39, 0.29) is 11.9 Å². The number of nitrogens with two attached hydrogens (primary N) is 1. The molecule has 2 N–H and O–H groups in total. The van der Waals surface area contributed by atoms with Crippen LogP contribution in [-0.2, 0) is 0 Å². The standard InChI is InChI=1S/C14H21FN2O/c15-12-4-6-14(7-5-12)18-11-13(10-16)17-8-2-1-3-9-17/h4-7,13H,1-3,8-11,16H2. The molecule has 0 radical (unpaired) electrons. The van der Waals surface area contributed by atoms with Crippen LogP contribution in [0.3, 0.4) is 0 Å². The maximum absolute atomic E-state index is 12.8.